The standard InChI is InChI=1S/C26H30N8O2S/c1-16-21(10-18(12-27-16)30-24(35)19-6-5-9-33-8-4-3-7-22(19)33)31-25(36)20-13-29-34-15-23(37-26(20)34)17-11-28-32(2)14-17/h10-15,19,22H,3-9H2,1-2H3,(H,30,35)(H,31,36)/t19-,22-/m1/s1. The van der Waals surface area contributed by atoms with Gasteiger partial charge in [0.2, 0.25) is 5.91 Å². The van der Waals surface area contributed by atoms with Crippen molar-refractivity contribution in [2.24, 2.45) is 13.0 Å². The fraction of sp³-hybridized carbons (Fsp3) is 0.423. The normalized spacial score (nSPS) is 20.1. The van der Waals surface area contributed by atoms with Crippen molar-refractivity contribution in [1.82, 2.24) is 29.3 Å². The van der Waals surface area contributed by atoms with E-state index in [0.29, 0.717) is 28.7 Å². The van der Waals surface area contributed by atoms with Crippen molar-refractivity contribution in [1.29, 1.82) is 0 Å². The van der Waals surface area contributed by atoms with Gasteiger partial charge in [-0.3, -0.25) is 24.2 Å². The highest BCUT2D eigenvalue weighted by molar-refractivity contribution is 7.21. The summed E-state index contributed by atoms with van der Waals surface area (Å²) in [6.07, 6.45) is 14.3. The minimum absolute atomic E-state index is 0.0121. The van der Waals surface area contributed by atoms with Crippen molar-refractivity contribution in [3.63, 3.8) is 0 Å². The number of rotatable bonds is 5. The molecular formula is C26H30N8O2S. The lowest BCUT2D eigenvalue weighted by Crippen LogP contribution is -2.51. The summed E-state index contributed by atoms with van der Waals surface area (Å²) >= 11 is 1.49. The molecule has 0 aliphatic carbocycles. The van der Waals surface area contributed by atoms with Crippen LogP contribution in [0.3, 0.4) is 0 Å². The van der Waals surface area contributed by atoms with Crippen LogP contribution in [-0.2, 0) is 11.8 Å². The molecule has 2 saturated heterocycles. The molecule has 2 N–H and O–H groups in total. The molecule has 11 heteroatoms. The van der Waals surface area contributed by atoms with Crippen LogP contribution in [0, 0.1) is 12.8 Å². The van der Waals surface area contributed by atoms with E-state index >= 15 is 0 Å². The molecule has 192 valence electrons. The molecular weight excluding hydrogens is 488 g/mol. The maximum Gasteiger partial charge on any atom is 0.260 e. The monoisotopic (exact) mass is 518 g/mol. The van der Waals surface area contributed by atoms with E-state index in [2.05, 4.69) is 30.7 Å². The van der Waals surface area contributed by atoms with Gasteiger partial charge in [0.1, 0.15) is 4.83 Å². The predicted molar refractivity (Wildman–Crippen MR) is 143 cm³/mol. The van der Waals surface area contributed by atoms with Crippen molar-refractivity contribution in [2.45, 2.75) is 45.1 Å². The first kappa shape index (κ1) is 23.8. The predicted octanol–water partition coefficient (Wildman–Crippen LogP) is 3.96. The number of aromatic nitrogens is 5. The molecule has 0 unspecified atom stereocenters. The van der Waals surface area contributed by atoms with Crippen LogP contribution in [0.5, 0.6) is 0 Å². The number of hydrogen-bond donors (Lipinski definition) is 2. The fourth-order valence-corrected chi connectivity index (χ4v) is 6.57. The highest BCUT2D eigenvalue weighted by Gasteiger charge is 2.37. The minimum atomic E-state index is -0.270. The SMILES string of the molecule is Cc1ncc(NC(=O)[C@@H]2CCCN3CCCC[C@H]23)cc1NC(=O)c1cnn2cc(-c3cnn(C)c3)sc12. The molecule has 10 nitrogen and oxygen atoms in total. The van der Waals surface area contributed by atoms with E-state index in [9.17, 15) is 9.59 Å². The van der Waals surface area contributed by atoms with E-state index in [4.69, 9.17) is 0 Å². The van der Waals surface area contributed by atoms with E-state index in [1.807, 2.05) is 26.4 Å². The fourth-order valence-electron chi connectivity index (χ4n) is 5.54. The van der Waals surface area contributed by atoms with E-state index in [-0.39, 0.29) is 17.7 Å². The zero-order valence-electron chi connectivity index (χ0n) is 21.0. The van der Waals surface area contributed by atoms with Crippen LogP contribution in [0.1, 0.15) is 48.2 Å². The summed E-state index contributed by atoms with van der Waals surface area (Å²) < 4.78 is 3.45. The molecule has 6 heterocycles. The molecule has 4 aromatic heterocycles. The summed E-state index contributed by atoms with van der Waals surface area (Å²) in [5.41, 5.74) is 3.28. The van der Waals surface area contributed by atoms with Crippen molar-refractivity contribution < 1.29 is 9.59 Å². The quantitative estimate of drug-likeness (QED) is 0.414. The molecule has 0 saturated carbocycles. The van der Waals surface area contributed by atoms with Crippen LogP contribution in [0.15, 0.2) is 37.1 Å². The molecule has 0 bridgehead atoms. The van der Waals surface area contributed by atoms with Gasteiger partial charge in [-0.2, -0.15) is 10.2 Å². The molecule has 2 amide bonds. The third-order valence-corrected chi connectivity index (χ3v) is 8.62. The molecule has 37 heavy (non-hydrogen) atoms. The van der Waals surface area contributed by atoms with Gasteiger partial charge in [-0.25, -0.2) is 4.52 Å². The Bertz CT molecular complexity index is 1470. The Labute approximate surface area is 218 Å². The number of carbonyl (C=O) groups excluding carboxylic acids is 2. The Kier molecular flexibility index (Phi) is 6.25. The first-order valence-electron chi connectivity index (χ1n) is 12.8. The van der Waals surface area contributed by atoms with Gasteiger partial charge in [0.15, 0.2) is 0 Å². The molecule has 2 fully saturated rings. The van der Waals surface area contributed by atoms with Gasteiger partial charge in [0.05, 0.1) is 52.0 Å². The van der Waals surface area contributed by atoms with Crippen LogP contribution < -0.4 is 10.6 Å². The minimum Gasteiger partial charge on any atom is -0.324 e. The Morgan fingerprint density at radius 1 is 1.03 bits per heavy atom. The number of aryl methyl sites for hydroxylation is 2. The maximum atomic E-state index is 13.2. The summed E-state index contributed by atoms with van der Waals surface area (Å²) in [6, 6.07) is 2.11. The lowest BCUT2D eigenvalue weighted by molar-refractivity contribution is -0.124. The van der Waals surface area contributed by atoms with Gasteiger partial charge < -0.3 is 10.6 Å². The number of anilines is 2. The Morgan fingerprint density at radius 3 is 2.73 bits per heavy atom. The van der Waals surface area contributed by atoms with Crippen LogP contribution in [0.4, 0.5) is 11.4 Å². The molecule has 4 aromatic rings. The van der Waals surface area contributed by atoms with Gasteiger partial charge in [-0.05, 0) is 51.8 Å². The molecule has 0 aromatic carbocycles. The number of piperidine rings is 2. The van der Waals surface area contributed by atoms with Crippen LogP contribution in [0.25, 0.3) is 15.3 Å². The third kappa shape index (κ3) is 4.64. The summed E-state index contributed by atoms with van der Waals surface area (Å²) in [4.78, 5) is 35.1. The number of amides is 2. The molecule has 2 aliphatic rings. The van der Waals surface area contributed by atoms with Crippen LogP contribution in [-0.4, -0.2) is 60.2 Å². The highest BCUT2D eigenvalue weighted by atomic mass is 32.1. The van der Waals surface area contributed by atoms with Gasteiger partial charge in [0, 0.05) is 31.0 Å². The van der Waals surface area contributed by atoms with E-state index < -0.39 is 0 Å². The average Bonchev–Trinajstić information content (AvgIpc) is 3.61. The number of hydrogen-bond acceptors (Lipinski definition) is 7. The molecule has 2 atom stereocenters. The molecule has 0 spiro atoms. The van der Waals surface area contributed by atoms with Crippen molar-refractivity contribution >= 4 is 39.4 Å². The zero-order chi connectivity index (χ0) is 25.5. The van der Waals surface area contributed by atoms with Crippen LogP contribution >= 0.6 is 11.3 Å². The maximum absolute atomic E-state index is 13.2. The van der Waals surface area contributed by atoms with E-state index in [1.165, 1.54) is 24.2 Å². The van der Waals surface area contributed by atoms with Gasteiger partial charge in [-0.15, -0.1) is 11.3 Å². The zero-order valence-corrected chi connectivity index (χ0v) is 21.8. The van der Waals surface area contributed by atoms with Crippen molar-refractivity contribution in [3.05, 3.63) is 48.3 Å². The topological polar surface area (TPSA) is 109 Å². The summed E-state index contributed by atoms with van der Waals surface area (Å²) in [5.74, 6) is -0.241. The summed E-state index contributed by atoms with van der Waals surface area (Å²) in [5, 5.41) is 14.6. The summed E-state index contributed by atoms with van der Waals surface area (Å²) in [6.45, 7) is 4.02. The van der Waals surface area contributed by atoms with E-state index in [0.717, 1.165) is 47.6 Å². The highest BCUT2D eigenvalue weighted by Crippen LogP contribution is 2.33. The third-order valence-electron chi connectivity index (χ3n) is 7.46. The van der Waals surface area contributed by atoms with Crippen molar-refractivity contribution in [3.8, 4) is 10.4 Å². The average molecular weight is 519 g/mol. The first-order chi connectivity index (χ1) is 18.0. The number of thiazole rings is 1. The van der Waals surface area contributed by atoms with Gasteiger partial charge in [0.25, 0.3) is 5.91 Å². The lowest BCUT2D eigenvalue weighted by atomic mass is 9.83. The Morgan fingerprint density at radius 2 is 1.89 bits per heavy atom. The number of nitrogens with zero attached hydrogens (tertiary/aromatic N) is 6. The second kappa shape index (κ2) is 9.71. The number of pyridine rings is 1. The van der Waals surface area contributed by atoms with E-state index in [1.54, 1.807) is 33.9 Å². The Balaban J connectivity index is 1.18. The second-order valence-corrected chi connectivity index (χ2v) is 11.0. The lowest BCUT2D eigenvalue weighted by Gasteiger charge is -2.43. The smallest absolute Gasteiger partial charge is 0.260 e. The van der Waals surface area contributed by atoms with Gasteiger partial charge >= 0.3 is 0 Å². The first-order valence-corrected chi connectivity index (χ1v) is 13.6. The van der Waals surface area contributed by atoms with Gasteiger partial charge in [-0.1, -0.05) is 6.42 Å². The number of fused-ring (bicyclic) bond motifs is 2. The molecule has 2 aliphatic heterocycles. The second-order valence-electron chi connectivity index (χ2n) is 9.95. The molecule has 0 radical (unpaired) electrons. The van der Waals surface area contributed by atoms with Crippen molar-refractivity contribution in [2.75, 3.05) is 23.7 Å². The number of nitrogens with one attached hydrogen (secondary N) is 2. The summed E-state index contributed by atoms with van der Waals surface area (Å²) in [7, 11) is 1.87. The largest absolute Gasteiger partial charge is 0.324 e. The van der Waals surface area contributed by atoms with Crippen LogP contribution in [0.2, 0.25) is 0 Å². The number of carbonyl (C=O) groups is 2. The Hall–Kier alpha value is -3.57. The molecule has 6 rings (SSSR count).